The Morgan fingerprint density at radius 1 is 1.50 bits per heavy atom. The number of carbonyl (C=O) groups excluding carboxylic acids is 1. The van der Waals surface area contributed by atoms with Crippen molar-refractivity contribution in [2.45, 2.75) is 0 Å². The molecule has 1 amide bonds. The lowest BCUT2D eigenvalue weighted by atomic mass is 10.1. The van der Waals surface area contributed by atoms with Gasteiger partial charge in [0.1, 0.15) is 0 Å². The van der Waals surface area contributed by atoms with Gasteiger partial charge in [0.2, 0.25) is 5.91 Å². The topological polar surface area (TPSA) is 114 Å². The number of benzene rings is 1. The number of rotatable bonds is 3. The van der Waals surface area contributed by atoms with Crippen LogP contribution in [-0.4, -0.2) is 22.4 Å². The molecule has 0 aliphatic carbocycles. The maximum atomic E-state index is 11.2. The Morgan fingerprint density at radius 2 is 2.35 bits per heavy atom. The van der Waals surface area contributed by atoms with Gasteiger partial charge in [-0.05, 0) is 12.1 Å². The molecule has 4 N–H and O–H groups in total. The molecule has 3 rings (SSSR count). The molecule has 2 aromatic heterocycles. The van der Waals surface area contributed by atoms with E-state index >= 15 is 0 Å². The summed E-state index contributed by atoms with van der Waals surface area (Å²) < 4.78 is 5.00. The molecule has 2 heterocycles. The number of fused-ring (bicyclic) bond motifs is 1. The largest absolute Gasteiger partial charge is 0.417 e. The van der Waals surface area contributed by atoms with Crippen molar-refractivity contribution < 1.29 is 9.21 Å². The Balaban J connectivity index is 1.94. The van der Waals surface area contributed by atoms with Gasteiger partial charge in [-0.3, -0.25) is 9.78 Å². The van der Waals surface area contributed by atoms with Gasteiger partial charge in [0.05, 0.1) is 17.8 Å². The molecule has 0 spiro atoms. The Hall–Kier alpha value is -2.45. The monoisotopic (exact) mass is 290 g/mol. The van der Waals surface area contributed by atoms with Crippen LogP contribution in [-0.2, 0) is 4.79 Å². The number of thiazole rings is 1. The molecule has 0 aliphatic heterocycles. The quantitative estimate of drug-likeness (QED) is 0.669. The molecule has 0 aliphatic rings. The van der Waals surface area contributed by atoms with Crippen LogP contribution in [0.3, 0.4) is 0 Å². The fraction of sp³-hybridized carbons (Fsp3) is 0.0833. The highest BCUT2D eigenvalue weighted by atomic mass is 32.1. The van der Waals surface area contributed by atoms with E-state index in [0.29, 0.717) is 21.9 Å². The van der Waals surface area contributed by atoms with E-state index in [1.165, 1.54) is 11.3 Å². The summed E-state index contributed by atoms with van der Waals surface area (Å²) in [6.07, 6.45) is 0. The lowest BCUT2D eigenvalue weighted by Gasteiger charge is -1.97. The van der Waals surface area contributed by atoms with Crippen molar-refractivity contribution in [3.8, 4) is 11.3 Å². The predicted molar refractivity (Wildman–Crippen MR) is 75.6 cm³/mol. The second-order valence-electron chi connectivity index (χ2n) is 4.02. The molecule has 7 nitrogen and oxygen atoms in total. The maximum Gasteiger partial charge on any atom is 0.417 e. The zero-order valence-corrected chi connectivity index (χ0v) is 11.0. The van der Waals surface area contributed by atoms with Crippen LogP contribution in [0.5, 0.6) is 0 Å². The number of oxazole rings is 1. The summed E-state index contributed by atoms with van der Waals surface area (Å²) in [5, 5.41) is 4.87. The number of nitrogens with two attached hydrogens (primary N) is 1. The van der Waals surface area contributed by atoms with Crippen molar-refractivity contribution in [2.24, 2.45) is 5.73 Å². The lowest BCUT2D eigenvalue weighted by molar-refractivity contribution is -0.114. The Bertz CT molecular complexity index is 832. The lowest BCUT2D eigenvalue weighted by Crippen LogP contribution is -2.21. The summed E-state index contributed by atoms with van der Waals surface area (Å²) >= 11 is 1.30. The number of nitrogens with zero attached hydrogens (tertiary/aromatic N) is 1. The highest BCUT2D eigenvalue weighted by Crippen LogP contribution is 2.26. The molecule has 8 heteroatoms. The van der Waals surface area contributed by atoms with Gasteiger partial charge in [-0.25, -0.2) is 9.78 Å². The van der Waals surface area contributed by atoms with Gasteiger partial charge in [0, 0.05) is 10.9 Å². The SMILES string of the molecule is NCC(=O)Nc1nc(-c2ccc3[nH]c(=O)oc3c2)cs1. The van der Waals surface area contributed by atoms with Crippen molar-refractivity contribution in [1.29, 1.82) is 0 Å². The maximum absolute atomic E-state index is 11.2. The summed E-state index contributed by atoms with van der Waals surface area (Å²) in [5.41, 5.74) is 7.80. The second-order valence-corrected chi connectivity index (χ2v) is 4.87. The van der Waals surface area contributed by atoms with E-state index in [9.17, 15) is 9.59 Å². The molecule has 0 bridgehead atoms. The van der Waals surface area contributed by atoms with Gasteiger partial charge in [0.15, 0.2) is 10.7 Å². The van der Waals surface area contributed by atoms with Crippen LogP contribution in [0.1, 0.15) is 0 Å². The van der Waals surface area contributed by atoms with Crippen molar-refractivity contribution in [2.75, 3.05) is 11.9 Å². The molecule has 0 fully saturated rings. The van der Waals surface area contributed by atoms with Gasteiger partial charge >= 0.3 is 5.76 Å². The number of amides is 1. The summed E-state index contributed by atoms with van der Waals surface area (Å²) in [6.45, 7) is -0.0879. The van der Waals surface area contributed by atoms with Crippen LogP contribution < -0.4 is 16.8 Å². The summed E-state index contributed by atoms with van der Waals surface area (Å²) in [5.74, 6) is -0.788. The van der Waals surface area contributed by atoms with Gasteiger partial charge in [0.25, 0.3) is 0 Å². The summed E-state index contributed by atoms with van der Waals surface area (Å²) in [7, 11) is 0. The molecule has 0 saturated heterocycles. The number of anilines is 1. The number of aromatic amines is 1. The van der Waals surface area contributed by atoms with Crippen LogP contribution in [0, 0.1) is 0 Å². The smallest absolute Gasteiger partial charge is 0.408 e. The number of aromatic nitrogens is 2. The minimum absolute atomic E-state index is 0.0879. The third-order valence-electron chi connectivity index (χ3n) is 2.65. The minimum Gasteiger partial charge on any atom is -0.408 e. The fourth-order valence-electron chi connectivity index (χ4n) is 1.74. The zero-order chi connectivity index (χ0) is 14.1. The number of H-pyrrole nitrogens is 1. The van der Waals surface area contributed by atoms with E-state index in [1.807, 2.05) is 6.07 Å². The predicted octanol–water partition coefficient (Wildman–Crippen LogP) is 1.14. The number of nitrogens with one attached hydrogen (secondary N) is 2. The van der Waals surface area contributed by atoms with Crippen molar-refractivity contribution in [3.05, 3.63) is 34.1 Å². The number of hydrogen-bond acceptors (Lipinski definition) is 6. The average Bonchev–Trinajstić information content (AvgIpc) is 3.02. The van der Waals surface area contributed by atoms with E-state index in [0.717, 1.165) is 5.56 Å². The van der Waals surface area contributed by atoms with Crippen molar-refractivity contribution >= 4 is 33.5 Å². The van der Waals surface area contributed by atoms with Gasteiger partial charge < -0.3 is 15.5 Å². The highest BCUT2D eigenvalue weighted by Gasteiger charge is 2.09. The van der Waals surface area contributed by atoms with Crippen molar-refractivity contribution in [1.82, 2.24) is 9.97 Å². The standard InChI is InChI=1S/C12H10N4O3S/c13-4-10(17)16-11-14-8(5-20-11)6-1-2-7-9(3-6)19-12(18)15-7/h1-3,5H,4,13H2,(H,15,18)(H,14,16,17). The average molecular weight is 290 g/mol. The van der Waals surface area contributed by atoms with E-state index in [1.54, 1.807) is 17.5 Å². The molecular weight excluding hydrogens is 280 g/mol. The molecule has 102 valence electrons. The first kappa shape index (κ1) is 12.6. The van der Waals surface area contributed by atoms with Crippen LogP contribution in [0.4, 0.5) is 5.13 Å². The van der Waals surface area contributed by atoms with Gasteiger partial charge in [-0.15, -0.1) is 11.3 Å². The van der Waals surface area contributed by atoms with Gasteiger partial charge in [-0.2, -0.15) is 0 Å². The molecule has 3 aromatic rings. The third-order valence-corrected chi connectivity index (χ3v) is 3.41. The first-order valence-electron chi connectivity index (χ1n) is 5.74. The van der Waals surface area contributed by atoms with Gasteiger partial charge in [-0.1, -0.05) is 6.07 Å². The molecule has 0 unspecified atom stereocenters. The summed E-state index contributed by atoms with van der Waals surface area (Å²) in [6, 6.07) is 5.28. The van der Waals surface area contributed by atoms with Crippen LogP contribution in [0.2, 0.25) is 0 Å². The van der Waals surface area contributed by atoms with Crippen molar-refractivity contribution in [3.63, 3.8) is 0 Å². The van der Waals surface area contributed by atoms with E-state index < -0.39 is 5.76 Å². The molecule has 1 aromatic carbocycles. The Kier molecular flexibility index (Phi) is 3.09. The van der Waals surface area contributed by atoms with Crippen LogP contribution in [0.15, 0.2) is 32.8 Å². The van der Waals surface area contributed by atoms with E-state index in [2.05, 4.69) is 15.3 Å². The van der Waals surface area contributed by atoms with Crippen LogP contribution >= 0.6 is 11.3 Å². The van der Waals surface area contributed by atoms with E-state index in [-0.39, 0.29) is 12.5 Å². The minimum atomic E-state index is -0.494. The Morgan fingerprint density at radius 3 is 3.15 bits per heavy atom. The van der Waals surface area contributed by atoms with Crippen LogP contribution in [0.25, 0.3) is 22.4 Å². The first-order valence-corrected chi connectivity index (χ1v) is 6.62. The zero-order valence-electron chi connectivity index (χ0n) is 10.2. The van der Waals surface area contributed by atoms with E-state index in [4.69, 9.17) is 10.2 Å². The molecule has 20 heavy (non-hydrogen) atoms. The molecule has 0 radical (unpaired) electrons. The fourth-order valence-corrected chi connectivity index (χ4v) is 2.47. The summed E-state index contributed by atoms with van der Waals surface area (Å²) in [4.78, 5) is 29.1. The molecule has 0 saturated carbocycles. The normalized spacial score (nSPS) is 10.8. The third kappa shape index (κ3) is 2.33. The highest BCUT2D eigenvalue weighted by molar-refractivity contribution is 7.14. The molecular formula is C12H10N4O3S. The first-order chi connectivity index (χ1) is 9.65. The second kappa shape index (κ2) is 4.91. The number of carbonyl (C=O) groups is 1. The molecule has 0 atom stereocenters. The Labute approximate surface area is 116 Å². The number of hydrogen-bond donors (Lipinski definition) is 3.